The summed E-state index contributed by atoms with van der Waals surface area (Å²) in [6.45, 7) is 7.76. The predicted octanol–water partition coefficient (Wildman–Crippen LogP) is 6.11. The quantitative estimate of drug-likeness (QED) is 0.404. The third-order valence-electron chi connectivity index (χ3n) is 5.39. The summed E-state index contributed by atoms with van der Waals surface area (Å²) in [5.41, 5.74) is 7.51. The third-order valence-corrected chi connectivity index (χ3v) is 7.33. The number of pyridine rings is 1. The fraction of sp³-hybridized carbons (Fsp3) is 0.192. The molecule has 0 unspecified atom stereocenters. The molecule has 0 fully saturated rings. The fourth-order valence-electron chi connectivity index (χ4n) is 4.10. The van der Waals surface area contributed by atoms with Crippen molar-refractivity contribution in [2.75, 3.05) is 0 Å². The van der Waals surface area contributed by atoms with Gasteiger partial charge in [0.15, 0.2) is 9.84 Å². The van der Waals surface area contributed by atoms with E-state index >= 15 is 0 Å². The second-order valence-electron chi connectivity index (χ2n) is 8.06. The molecule has 4 heteroatoms. The van der Waals surface area contributed by atoms with Crippen molar-refractivity contribution in [3.8, 4) is 11.1 Å². The molecule has 1 heterocycles. The lowest BCUT2D eigenvalue weighted by Crippen LogP contribution is -2.10. The van der Waals surface area contributed by atoms with E-state index in [2.05, 4.69) is 42.2 Å². The normalized spacial score (nSPS) is 11.7. The first-order valence-corrected chi connectivity index (χ1v) is 11.7. The molecule has 0 N–H and O–H groups in total. The van der Waals surface area contributed by atoms with Gasteiger partial charge in [0.05, 0.1) is 21.9 Å². The van der Waals surface area contributed by atoms with Gasteiger partial charge in [0, 0.05) is 5.39 Å². The molecule has 0 radical (unpaired) electrons. The number of aromatic nitrogens is 1. The third kappa shape index (κ3) is 4.01. The highest BCUT2D eigenvalue weighted by Crippen LogP contribution is 2.27. The van der Waals surface area contributed by atoms with Gasteiger partial charge < -0.3 is 0 Å². The van der Waals surface area contributed by atoms with Gasteiger partial charge in [-0.2, -0.15) is 0 Å². The highest BCUT2D eigenvalue weighted by Gasteiger charge is 2.21. The summed E-state index contributed by atoms with van der Waals surface area (Å²) in [6, 6.07) is 22.1. The molecular weight excluding hydrogens is 390 g/mol. The second kappa shape index (κ2) is 7.69. The van der Waals surface area contributed by atoms with Gasteiger partial charge >= 0.3 is 0 Å². The van der Waals surface area contributed by atoms with Crippen LogP contribution in [0.5, 0.6) is 0 Å². The Hall–Kier alpha value is -2.98. The van der Waals surface area contributed by atoms with Gasteiger partial charge in [-0.15, -0.1) is 0 Å². The zero-order valence-electron chi connectivity index (χ0n) is 17.7. The molecule has 0 aliphatic rings. The van der Waals surface area contributed by atoms with E-state index in [0.717, 1.165) is 38.7 Å². The summed E-state index contributed by atoms with van der Waals surface area (Å²) < 4.78 is 26.2. The van der Waals surface area contributed by atoms with Crippen LogP contribution >= 0.6 is 0 Å². The molecule has 152 valence electrons. The van der Waals surface area contributed by atoms with E-state index in [1.165, 1.54) is 5.56 Å². The number of hydrogen-bond donors (Lipinski definition) is 0. The zero-order chi connectivity index (χ0) is 21.5. The molecule has 0 saturated carbocycles. The number of sulfone groups is 1. The Morgan fingerprint density at radius 2 is 1.33 bits per heavy atom. The van der Waals surface area contributed by atoms with Crippen molar-refractivity contribution >= 4 is 20.7 Å². The van der Waals surface area contributed by atoms with Crippen LogP contribution in [0.2, 0.25) is 0 Å². The van der Waals surface area contributed by atoms with Crippen molar-refractivity contribution in [2.24, 2.45) is 0 Å². The van der Waals surface area contributed by atoms with Gasteiger partial charge in [0.1, 0.15) is 0 Å². The maximum absolute atomic E-state index is 13.1. The molecule has 0 bridgehead atoms. The van der Waals surface area contributed by atoms with Gasteiger partial charge in [-0.1, -0.05) is 59.7 Å². The average molecular weight is 416 g/mol. The Kier molecular flexibility index (Phi) is 5.20. The largest absolute Gasteiger partial charge is 0.252 e. The van der Waals surface area contributed by atoms with Gasteiger partial charge in [-0.3, -0.25) is 4.98 Å². The Morgan fingerprint density at radius 1 is 0.700 bits per heavy atom. The van der Waals surface area contributed by atoms with E-state index in [4.69, 9.17) is 0 Å². The number of benzene rings is 3. The van der Waals surface area contributed by atoms with Crippen LogP contribution in [0.25, 0.3) is 22.0 Å². The molecule has 1 aromatic heterocycles. The number of hydrogen-bond acceptors (Lipinski definition) is 3. The second-order valence-corrected chi connectivity index (χ2v) is 9.99. The Labute approximate surface area is 178 Å². The van der Waals surface area contributed by atoms with Crippen LogP contribution in [0, 0.1) is 27.7 Å². The molecule has 0 saturated heterocycles. The summed E-state index contributed by atoms with van der Waals surface area (Å²) in [7, 11) is -3.48. The van der Waals surface area contributed by atoms with Crippen LogP contribution in [0.3, 0.4) is 0 Å². The van der Waals surface area contributed by atoms with Crippen molar-refractivity contribution in [1.82, 2.24) is 4.98 Å². The van der Waals surface area contributed by atoms with Crippen LogP contribution in [0.1, 0.15) is 27.9 Å². The van der Waals surface area contributed by atoms with Gasteiger partial charge in [0.25, 0.3) is 0 Å². The molecule has 0 spiro atoms. The minimum atomic E-state index is -3.48. The highest BCUT2D eigenvalue weighted by atomic mass is 32.2. The molecule has 4 aromatic rings. The number of fused-ring (bicyclic) bond motifs is 1. The molecule has 0 aliphatic heterocycles. The Bertz CT molecular complexity index is 1330. The van der Waals surface area contributed by atoms with E-state index in [9.17, 15) is 8.42 Å². The van der Waals surface area contributed by atoms with E-state index in [-0.39, 0.29) is 5.75 Å². The van der Waals surface area contributed by atoms with Crippen molar-refractivity contribution in [3.63, 3.8) is 0 Å². The summed E-state index contributed by atoms with van der Waals surface area (Å²) in [5, 5.41) is 0.997. The lowest BCUT2D eigenvalue weighted by atomic mass is 10.0. The molecule has 4 rings (SSSR count). The minimum Gasteiger partial charge on any atom is -0.252 e. The van der Waals surface area contributed by atoms with E-state index in [1.54, 1.807) is 0 Å². The smallest absolute Gasteiger partial charge is 0.184 e. The highest BCUT2D eigenvalue weighted by molar-refractivity contribution is 7.90. The van der Waals surface area contributed by atoms with Gasteiger partial charge in [-0.05, 0) is 68.1 Å². The number of nitrogens with zero attached hydrogens (tertiary/aromatic N) is 1. The maximum atomic E-state index is 13.1. The topological polar surface area (TPSA) is 47.0 Å². The van der Waals surface area contributed by atoms with E-state index in [1.807, 2.05) is 57.2 Å². The van der Waals surface area contributed by atoms with Crippen LogP contribution in [0.15, 0.2) is 71.6 Å². The molecule has 3 aromatic carbocycles. The summed E-state index contributed by atoms with van der Waals surface area (Å²) in [5.74, 6) is -0.104. The van der Waals surface area contributed by atoms with Crippen LogP contribution in [-0.2, 0) is 15.6 Å². The molecular formula is C26H25NO2S. The van der Waals surface area contributed by atoms with Crippen molar-refractivity contribution in [3.05, 3.63) is 94.7 Å². The first-order chi connectivity index (χ1) is 14.2. The molecule has 30 heavy (non-hydrogen) atoms. The standard InChI is InChI=1S/C26H25NO2S/c1-17-5-7-21(8-6-17)22-10-12-25-23(15-22)9-11-24(27-25)16-30(28,29)26-19(3)13-18(2)14-20(26)4/h5-15H,16H2,1-4H3. The van der Waals surface area contributed by atoms with Crippen LogP contribution in [0.4, 0.5) is 0 Å². The van der Waals surface area contributed by atoms with Gasteiger partial charge in [-0.25, -0.2) is 8.42 Å². The molecule has 0 atom stereocenters. The monoisotopic (exact) mass is 415 g/mol. The minimum absolute atomic E-state index is 0.104. The average Bonchev–Trinajstić information content (AvgIpc) is 2.66. The van der Waals surface area contributed by atoms with Crippen molar-refractivity contribution < 1.29 is 8.42 Å². The predicted molar refractivity (Wildman–Crippen MR) is 123 cm³/mol. The lowest BCUT2D eigenvalue weighted by Gasteiger charge is -2.12. The molecule has 0 aliphatic carbocycles. The van der Waals surface area contributed by atoms with Gasteiger partial charge in [0.2, 0.25) is 0 Å². The Morgan fingerprint density at radius 3 is 2.00 bits per heavy atom. The van der Waals surface area contributed by atoms with Crippen LogP contribution in [-0.4, -0.2) is 13.4 Å². The molecule has 0 amide bonds. The van der Waals surface area contributed by atoms with Crippen molar-refractivity contribution in [1.29, 1.82) is 0 Å². The maximum Gasteiger partial charge on any atom is 0.184 e. The number of aryl methyl sites for hydroxylation is 4. The summed E-state index contributed by atoms with van der Waals surface area (Å²) in [6.07, 6.45) is 0. The first kappa shape index (κ1) is 20.3. The zero-order valence-corrected chi connectivity index (χ0v) is 18.5. The first-order valence-electron chi connectivity index (χ1n) is 10.0. The SMILES string of the molecule is Cc1ccc(-c2ccc3nc(CS(=O)(=O)c4c(C)cc(C)cc4C)ccc3c2)cc1. The van der Waals surface area contributed by atoms with Crippen molar-refractivity contribution in [2.45, 2.75) is 38.3 Å². The van der Waals surface area contributed by atoms with E-state index in [0.29, 0.717) is 10.6 Å². The lowest BCUT2D eigenvalue weighted by molar-refractivity contribution is 0.593. The summed E-state index contributed by atoms with van der Waals surface area (Å²) in [4.78, 5) is 5.05. The van der Waals surface area contributed by atoms with Crippen LogP contribution < -0.4 is 0 Å². The van der Waals surface area contributed by atoms with E-state index < -0.39 is 9.84 Å². The fourth-order valence-corrected chi connectivity index (χ4v) is 5.89. The molecule has 3 nitrogen and oxygen atoms in total. The number of rotatable bonds is 4. The Balaban J connectivity index is 1.67. The summed E-state index contributed by atoms with van der Waals surface area (Å²) >= 11 is 0.